The minimum atomic E-state index is -0.743. The molecule has 0 bridgehead atoms. The Bertz CT molecular complexity index is 1110. The van der Waals surface area contributed by atoms with Gasteiger partial charge in [-0.2, -0.15) is 0 Å². The summed E-state index contributed by atoms with van der Waals surface area (Å²) in [5, 5.41) is 2.75. The van der Waals surface area contributed by atoms with Crippen LogP contribution in [0.25, 0.3) is 11.3 Å². The Hall–Kier alpha value is -3.68. The van der Waals surface area contributed by atoms with E-state index in [1.807, 2.05) is 19.1 Å². The average Bonchev–Trinajstić information content (AvgIpc) is 2.76. The highest BCUT2D eigenvalue weighted by Gasteiger charge is 2.16. The molecule has 3 rings (SSSR count). The highest BCUT2D eigenvalue weighted by atomic mass is 19.1. The number of nitrogens with one attached hydrogen (secondary N) is 1. The van der Waals surface area contributed by atoms with Gasteiger partial charge in [-0.05, 0) is 55.8 Å². The Labute approximate surface area is 179 Å². The van der Waals surface area contributed by atoms with E-state index in [2.05, 4.69) is 10.3 Å². The third kappa shape index (κ3) is 5.69. The van der Waals surface area contributed by atoms with Gasteiger partial charge in [0.15, 0.2) is 17.6 Å². The van der Waals surface area contributed by atoms with Crippen molar-refractivity contribution in [3.63, 3.8) is 0 Å². The van der Waals surface area contributed by atoms with E-state index in [1.165, 1.54) is 29.1 Å². The Morgan fingerprint density at radius 1 is 1.16 bits per heavy atom. The fraction of sp³-hybridized carbons (Fsp3) is 0.261. The van der Waals surface area contributed by atoms with Crippen LogP contribution in [0.5, 0.6) is 11.5 Å². The first-order valence-electron chi connectivity index (χ1n) is 9.79. The molecule has 1 aromatic heterocycles. The summed E-state index contributed by atoms with van der Waals surface area (Å²) in [6, 6.07) is 12.6. The fourth-order valence-corrected chi connectivity index (χ4v) is 2.93. The predicted octanol–water partition coefficient (Wildman–Crippen LogP) is 2.95. The molecule has 31 heavy (non-hydrogen) atoms. The third-order valence-electron chi connectivity index (χ3n) is 4.66. The number of ether oxygens (including phenoxy) is 2. The number of benzene rings is 2. The molecule has 0 radical (unpaired) electrons. The van der Waals surface area contributed by atoms with E-state index in [1.54, 1.807) is 32.2 Å². The SMILES string of the molecule is COc1cc(C)ccc1OC(C)C(=O)NCCn1cnc(-c2ccc(F)cc2)cc1=O. The van der Waals surface area contributed by atoms with Crippen LogP contribution in [-0.2, 0) is 11.3 Å². The second-order valence-corrected chi connectivity index (χ2v) is 7.02. The molecule has 2 aromatic carbocycles. The molecule has 1 heterocycles. The summed E-state index contributed by atoms with van der Waals surface area (Å²) in [6.45, 7) is 4.06. The number of carbonyl (C=O) groups excluding carboxylic acids is 1. The van der Waals surface area contributed by atoms with Gasteiger partial charge in [0, 0.05) is 24.7 Å². The first-order valence-corrected chi connectivity index (χ1v) is 9.79. The van der Waals surface area contributed by atoms with Crippen molar-refractivity contribution in [1.82, 2.24) is 14.9 Å². The lowest BCUT2D eigenvalue weighted by atomic mass is 10.1. The zero-order valence-electron chi connectivity index (χ0n) is 17.6. The van der Waals surface area contributed by atoms with E-state index in [4.69, 9.17) is 9.47 Å². The van der Waals surface area contributed by atoms with Gasteiger partial charge in [0.2, 0.25) is 0 Å². The molecule has 0 saturated heterocycles. The maximum atomic E-state index is 13.0. The number of rotatable bonds is 8. The maximum Gasteiger partial charge on any atom is 0.260 e. The van der Waals surface area contributed by atoms with Crippen LogP contribution in [0.4, 0.5) is 4.39 Å². The molecule has 0 aliphatic heterocycles. The second-order valence-electron chi connectivity index (χ2n) is 7.02. The van der Waals surface area contributed by atoms with E-state index < -0.39 is 6.10 Å². The molecule has 7 nitrogen and oxygen atoms in total. The number of hydrogen-bond donors (Lipinski definition) is 1. The lowest BCUT2D eigenvalue weighted by molar-refractivity contribution is -0.127. The second kappa shape index (κ2) is 9.88. The van der Waals surface area contributed by atoms with Crippen molar-refractivity contribution in [2.45, 2.75) is 26.5 Å². The van der Waals surface area contributed by atoms with Crippen LogP contribution in [0.2, 0.25) is 0 Å². The number of hydrogen-bond acceptors (Lipinski definition) is 5. The predicted molar refractivity (Wildman–Crippen MR) is 115 cm³/mol. The summed E-state index contributed by atoms with van der Waals surface area (Å²) in [5.74, 6) is 0.365. The minimum Gasteiger partial charge on any atom is -0.493 e. The van der Waals surface area contributed by atoms with Crippen LogP contribution < -0.4 is 20.3 Å². The number of aryl methyl sites for hydroxylation is 1. The summed E-state index contributed by atoms with van der Waals surface area (Å²) in [4.78, 5) is 28.9. The number of methoxy groups -OCH3 is 1. The van der Waals surface area contributed by atoms with Crippen molar-refractivity contribution in [2.24, 2.45) is 0 Å². The monoisotopic (exact) mass is 425 g/mol. The van der Waals surface area contributed by atoms with Crippen molar-refractivity contribution in [3.05, 3.63) is 76.6 Å². The molecule has 0 saturated carbocycles. The summed E-state index contributed by atoms with van der Waals surface area (Å²) in [6.07, 6.45) is 0.664. The molecule has 3 aromatic rings. The van der Waals surface area contributed by atoms with Crippen LogP contribution in [0.1, 0.15) is 12.5 Å². The van der Waals surface area contributed by atoms with E-state index in [0.717, 1.165) is 5.56 Å². The lowest BCUT2D eigenvalue weighted by Crippen LogP contribution is -2.38. The number of nitrogens with zero attached hydrogens (tertiary/aromatic N) is 2. The molecule has 1 N–H and O–H groups in total. The topological polar surface area (TPSA) is 82.4 Å². The van der Waals surface area contributed by atoms with E-state index >= 15 is 0 Å². The Balaban J connectivity index is 1.55. The summed E-state index contributed by atoms with van der Waals surface area (Å²) in [7, 11) is 1.54. The minimum absolute atomic E-state index is 0.231. The highest BCUT2D eigenvalue weighted by Crippen LogP contribution is 2.28. The van der Waals surface area contributed by atoms with Gasteiger partial charge >= 0.3 is 0 Å². The number of halogens is 1. The first kappa shape index (κ1) is 22.0. The van der Waals surface area contributed by atoms with Gasteiger partial charge in [-0.25, -0.2) is 9.37 Å². The van der Waals surface area contributed by atoms with Crippen LogP contribution in [0.3, 0.4) is 0 Å². The van der Waals surface area contributed by atoms with Gasteiger partial charge in [0.25, 0.3) is 11.5 Å². The fourth-order valence-electron chi connectivity index (χ4n) is 2.93. The van der Waals surface area contributed by atoms with Gasteiger partial charge < -0.3 is 14.8 Å². The molecule has 0 fully saturated rings. The molecule has 0 aliphatic carbocycles. The zero-order valence-corrected chi connectivity index (χ0v) is 17.6. The molecule has 1 unspecified atom stereocenters. The number of carbonyl (C=O) groups is 1. The van der Waals surface area contributed by atoms with Crippen LogP contribution in [0.15, 0.2) is 59.7 Å². The van der Waals surface area contributed by atoms with E-state index in [9.17, 15) is 14.0 Å². The lowest BCUT2D eigenvalue weighted by Gasteiger charge is -2.17. The Morgan fingerprint density at radius 2 is 1.90 bits per heavy atom. The molecule has 8 heteroatoms. The molecule has 1 amide bonds. The van der Waals surface area contributed by atoms with Gasteiger partial charge in [-0.3, -0.25) is 14.2 Å². The number of aromatic nitrogens is 2. The van der Waals surface area contributed by atoms with Crippen molar-refractivity contribution in [3.8, 4) is 22.8 Å². The quantitative estimate of drug-likeness (QED) is 0.600. The molecule has 1 atom stereocenters. The largest absolute Gasteiger partial charge is 0.493 e. The summed E-state index contributed by atoms with van der Waals surface area (Å²) < 4.78 is 25.4. The standard InChI is InChI=1S/C23H24FN3O4/c1-15-4-9-20(21(12-15)30-3)31-16(2)23(29)25-10-11-27-14-26-19(13-22(27)28)17-5-7-18(24)8-6-17/h4-9,12-14,16H,10-11H2,1-3H3,(H,25,29). The normalized spacial score (nSPS) is 11.6. The molecule has 0 aliphatic rings. The van der Waals surface area contributed by atoms with Gasteiger partial charge in [0.1, 0.15) is 5.82 Å². The van der Waals surface area contributed by atoms with Crippen molar-refractivity contribution in [1.29, 1.82) is 0 Å². The summed E-state index contributed by atoms with van der Waals surface area (Å²) in [5.41, 5.74) is 1.86. The smallest absolute Gasteiger partial charge is 0.260 e. The Morgan fingerprint density at radius 3 is 2.58 bits per heavy atom. The van der Waals surface area contributed by atoms with Crippen molar-refractivity contribution < 1.29 is 18.7 Å². The van der Waals surface area contributed by atoms with E-state index in [0.29, 0.717) is 22.8 Å². The highest BCUT2D eigenvalue weighted by molar-refractivity contribution is 5.80. The zero-order chi connectivity index (χ0) is 22.4. The van der Waals surface area contributed by atoms with Crippen molar-refractivity contribution in [2.75, 3.05) is 13.7 Å². The number of amides is 1. The van der Waals surface area contributed by atoms with E-state index in [-0.39, 0.29) is 30.4 Å². The van der Waals surface area contributed by atoms with Crippen LogP contribution in [-0.4, -0.2) is 35.2 Å². The maximum absolute atomic E-state index is 13.0. The molecular formula is C23H24FN3O4. The molecular weight excluding hydrogens is 401 g/mol. The molecule has 162 valence electrons. The van der Waals surface area contributed by atoms with Crippen molar-refractivity contribution >= 4 is 5.91 Å². The van der Waals surface area contributed by atoms with Crippen LogP contribution >= 0.6 is 0 Å². The van der Waals surface area contributed by atoms with Gasteiger partial charge in [-0.15, -0.1) is 0 Å². The Kier molecular flexibility index (Phi) is 7.02. The van der Waals surface area contributed by atoms with Gasteiger partial charge in [-0.1, -0.05) is 6.07 Å². The first-order chi connectivity index (χ1) is 14.9. The third-order valence-corrected chi connectivity index (χ3v) is 4.66. The van der Waals surface area contributed by atoms with Crippen LogP contribution in [0, 0.1) is 12.7 Å². The summed E-state index contributed by atoms with van der Waals surface area (Å²) >= 11 is 0. The molecule has 0 spiro atoms. The average molecular weight is 425 g/mol. The van der Waals surface area contributed by atoms with Gasteiger partial charge in [0.05, 0.1) is 19.1 Å².